The summed E-state index contributed by atoms with van der Waals surface area (Å²) in [5.41, 5.74) is 4.37. The molecular formula is C26H28ClN2O3S2+. The molecule has 0 spiro atoms. The van der Waals surface area contributed by atoms with Gasteiger partial charge in [0.1, 0.15) is 4.70 Å². The van der Waals surface area contributed by atoms with Crippen molar-refractivity contribution in [3.8, 4) is 0 Å². The second kappa shape index (κ2) is 11.3. The second-order valence-electron chi connectivity index (χ2n) is 8.26. The summed E-state index contributed by atoms with van der Waals surface area (Å²) in [6.45, 7) is 0.679. The largest absolute Gasteiger partial charge is 0.361 e. The van der Waals surface area contributed by atoms with E-state index in [4.69, 9.17) is 16.2 Å². The maximum atomic E-state index is 11.0. The van der Waals surface area contributed by atoms with E-state index in [9.17, 15) is 8.42 Å². The molecular weight excluding hydrogens is 488 g/mol. The molecule has 0 aliphatic heterocycles. The Hall–Kier alpha value is -2.45. The Morgan fingerprint density at radius 1 is 1.03 bits per heavy atom. The number of halogens is 1. The molecule has 5 nitrogen and oxygen atoms in total. The zero-order valence-corrected chi connectivity index (χ0v) is 21.2. The van der Waals surface area contributed by atoms with Gasteiger partial charge in [0.2, 0.25) is 5.52 Å². The number of rotatable bonds is 9. The summed E-state index contributed by atoms with van der Waals surface area (Å²) in [5.74, 6) is -0.213. The molecule has 1 aliphatic carbocycles. The van der Waals surface area contributed by atoms with Crippen LogP contribution in [0.15, 0.2) is 83.1 Å². The fourth-order valence-corrected chi connectivity index (χ4v) is 5.99. The molecule has 1 heterocycles. The van der Waals surface area contributed by atoms with Crippen molar-refractivity contribution in [3.05, 3.63) is 88.1 Å². The lowest BCUT2D eigenvalue weighted by Gasteiger charge is -2.17. The van der Waals surface area contributed by atoms with Gasteiger partial charge >= 0.3 is 0 Å². The minimum atomic E-state index is -3.93. The number of aromatic nitrogens is 1. The zero-order valence-electron chi connectivity index (χ0n) is 18.8. The average molecular weight is 516 g/mol. The van der Waals surface area contributed by atoms with Crippen LogP contribution in [0.5, 0.6) is 0 Å². The number of nitrogens with zero attached hydrogens (tertiary/aromatic N) is 1. The Bertz CT molecular complexity index is 1340. The third kappa shape index (κ3) is 6.57. The highest BCUT2D eigenvalue weighted by Crippen LogP contribution is 2.34. The molecule has 0 unspecified atom stereocenters. The van der Waals surface area contributed by atoms with Crippen LogP contribution in [0.4, 0.5) is 5.69 Å². The molecule has 8 heteroatoms. The summed E-state index contributed by atoms with van der Waals surface area (Å²) in [6.07, 6.45) is 10.2. The Morgan fingerprint density at radius 2 is 1.79 bits per heavy atom. The van der Waals surface area contributed by atoms with Crippen molar-refractivity contribution >= 4 is 55.0 Å². The first-order valence-corrected chi connectivity index (χ1v) is 14.2. The molecule has 0 fully saturated rings. The van der Waals surface area contributed by atoms with Crippen LogP contribution < -0.4 is 9.88 Å². The number of unbranched alkanes of at least 4 members (excludes halogenated alkanes) is 1. The van der Waals surface area contributed by atoms with Crippen LogP contribution in [0.25, 0.3) is 16.3 Å². The van der Waals surface area contributed by atoms with Crippen LogP contribution in [0.3, 0.4) is 0 Å². The number of hydrogen-bond acceptors (Lipinski definition) is 4. The molecule has 2 aromatic carbocycles. The number of aryl methyl sites for hydroxylation is 1. The smallest absolute Gasteiger partial charge is 0.264 e. The van der Waals surface area contributed by atoms with Crippen LogP contribution in [-0.4, -0.2) is 18.7 Å². The first-order valence-electron chi connectivity index (χ1n) is 11.3. The summed E-state index contributed by atoms with van der Waals surface area (Å²) < 4.78 is 34.5. The Labute approximate surface area is 209 Å². The minimum Gasteiger partial charge on any atom is -0.361 e. The van der Waals surface area contributed by atoms with Crippen molar-refractivity contribution in [3.63, 3.8) is 0 Å². The summed E-state index contributed by atoms with van der Waals surface area (Å²) in [7, 11) is -3.93. The third-order valence-corrected chi connectivity index (χ3v) is 8.16. The van der Waals surface area contributed by atoms with E-state index in [0.29, 0.717) is 19.4 Å². The highest BCUT2D eigenvalue weighted by atomic mass is 35.5. The fraction of sp³-hybridized carbons (Fsp3) is 0.269. The van der Waals surface area contributed by atoms with Crippen molar-refractivity contribution in [2.45, 2.75) is 38.6 Å². The molecule has 178 valence electrons. The number of para-hydroxylation sites is 2. The molecule has 0 atom stereocenters. The Morgan fingerprint density at radius 3 is 2.59 bits per heavy atom. The molecule has 4 rings (SSSR count). The van der Waals surface area contributed by atoms with Gasteiger partial charge in [-0.25, -0.2) is 0 Å². The topological polar surface area (TPSA) is 70.3 Å². The number of allylic oxidation sites excluding steroid dienone is 4. The minimum absolute atomic E-state index is 0.213. The predicted molar refractivity (Wildman–Crippen MR) is 142 cm³/mol. The monoisotopic (exact) mass is 515 g/mol. The molecule has 0 bridgehead atoms. The van der Waals surface area contributed by atoms with Gasteiger partial charge in [0.05, 0.1) is 5.75 Å². The maximum Gasteiger partial charge on any atom is 0.264 e. The molecule has 0 amide bonds. The highest BCUT2D eigenvalue weighted by Gasteiger charge is 2.19. The lowest BCUT2D eigenvalue weighted by molar-refractivity contribution is -0.669. The normalized spacial score (nSPS) is 16.1. The average Bonchev–Trinajstić information content (AvgIpc) is 3.18. The summed E-state index contributed by atoms with van der Waals surface area (Å²) in [4.78, 5) is 0. The molecule has 1 aliphatic rings. The summed E-state index contributed by atoms with van der Waals surface area (Å²) >= 11 is 8.48. The first-order chi connectivity index (χ1) is 16.4. The third-order valence-electron chi connectivity index (χ3n) is 5.74. The van der Waals surface area contributed by atoms with Crippen molar-refractivity contribution in [2.75, 3.05) is 11.1 Å². The second-order valence-corrected chi connectivity index (χ2v) is 11.3. The van der Waals surface area contributed by atoms with E-state index >= 15 is 0 Å². The summed E-state index contributed by atoms with van der Waals surface area (Å²) in [6, 6.07) is 18.2. The van der Waals surface area contributed by atoms with E-state index < -0.39 is 10.1 Å². The van der Waals surface area contributed by atoms with Gasteiger partial charge in [0.25, 0.3) is 15.1 Å². The van der Waals surface area contributed by atoms with E-state index in [-0.39, 0.29) is 5.75 Å². The number of thiazole rings is 1. The molecule has 2 N–H and O–H groups in total. The van der Waals surface area contributed by atoms with Gasteiger partial charge in [-0.05, 0) is 55.0 Å². The van der Waals surface area contributed by atoms with Gasteiger partial charge < -0.3 is 5.32 Å². The molecule has 1 aromatic heterocycles. The quantitative estimate of drug-likeness (QED) is 0.193. The molecule has 0 radical (unpaired) electrons. The van der Waals surface area contributed by atoms with Crippen molar-refractivity contribution in [1.29, 1.82) is 0 Å². The fourth-order valence-electron chi connectivity index (χ4n) is 4.03. The lowest BCUT2D eigenvalue weighted by atomic mass is 9.95. The molecule has 3 aromatic rings. The number of hydrogen-bond donors (Lipinski definition) is 2. The van der Waals surface area contributed by atoms with Crippen molar-refractivity contribution in [1.82, 2.24) is 0 Å². The SMILES string of the molecule is O=S(=O)(O)CCCC[n+]1c(/C=C/C2=C(Cl)C(=C/Nc3ccccc3)/CCC2)sc2ccccc21. The van der Waals surface area contributed by atoms with E-state index in [1.807, 2.05) is 48.7 Å². The van der Waals surface area contributed by atoms with Crippen LogP contribution in [0, 0.1) is 0 Å². The Balaban J connectivity index is 1.55. The maximum absolute atomic E-state index is 11.0. The lowest BCUT2D eigenvalue weighted by Crippen LogP contribution is -2.35. The molecule has 0 saturated carbocycles. The predicted octanol–water partition coefficient (Wildman–Crippen LogP) is 6.54. The highest BCUT2D eigenvalue weighted by molar-refractivity contribution is 7.85. The number of fused-ring (bicyclic) bond motifs is 1. The van der Waals surface area contributed by atoms with E-state index in [1.165, 1.54) is 4.70 Å². The summed E-state index contributed by atoms with van der Waals surface area (Å²) in [5, 5.41) is 5.22. The van der Waals surface area contributed by atoms with Crippen LogP contribution in [0.1, 0.15) is 37.1 Å². The van der Waals surface area contributed by atoms with Crippen molar-refractivity contribution in [2.24, 2.45) is 0 Å². The molecule has 0 saturated heterocycles. The van der Waals surface area contributed by atoms with Crippen LogP contribution >= 0.6 is 22.9 Å². The van der Waals surface area contributed by atoms with E-state index in [1.54, 1.807) is 11.3 Å². The number of anilines is 1. The number of benzene rings is 2. The van der Waals surface area contributed by atoms with Gasteiger partial charge in [0, 0.05) is 35.5 Å². The van der Waals surface area contributed by atoms with Crippen molar-refractivity contribution < 1.29 is 17.5 Å². The first kappa shape index (κ1) is 24.7. The van der Waals surface area contributed by atoms with Gasteiger partial charge in [-0.1, -0.05) is 59.3 Å². The standard InChI is InChI=1S/C26H27ClN2O3S2/c27-26-20(9-8-10-21(26)19-28-22-11-2-1-3-12-22)15-16-25-29(17-6-7-18-34(30,31)32)23-13-4-5-14-24(23)33-25/h1-5,11-16,19H,6-10,17-18H2,(H,30,31,32)/p+1. The number of nitrogens with one attached hydrogen (secondary N) is 1. The zero-order chi connectivity index (χ0) is 24.0. The molecule has 34 heavy (non-hydrogen) atoms. The van der Waals surface area contributed by atoms with Crippen LogP contribution in [-0.2, 0) is 16.7 Å². The van der Waals surface area contributed by atoms with E-state index in [2.05, 4.69) is 34.2 Å². The van der Waals surface area contributed by atoms with Gasteiger partial charge in [-0.3, -0.25) is 4.55 Å². The van der Waals surface area contributed by atoms with Crippen LogP contribution in [0.2, 0.25) is 0 Å². The van der Waals surface area contributed by atoms with Gasteiger partial charge in [-0.15, -0.1) is 0 Å². The van der Waals surface area contributed by atoms with Gasteiger partial charge in [0.15, 0.2) is 6.54 Å². The Kier molecular flexibility index (Phi) is 8.21. The van der Waals surface area contributed by atoms with E-state index in [0.717, 1.165) is 51.7 Å². The van der Waals surface area contributed by atoms with Gasteiger partial charge in [-0.2, -0.15) is 13.0 Å².